The zero-order chi connectivity index (χ0) is 16.2. The molecule has 1 N–H and O–H groups in total. The van der Waals surface area contributed by atoms with Crippen molar-refractivity contribution >= 4 is 11.8 Å². The van der Waals surface area contributed by atoms with Crippen LogP contribution in [0.2, 0.25) is 0 Å². The molecule has 0 aromatic heterocycles. The number of hydrogen-bond donors (Lipinski definition) is 1. The molecule has 2 aliphatic heterocycles. The van der Waals surface area contributed by atoms with E-state index in [0.717, 1.165) is 77.5 Å². The average Bonchev–Trinajstić information content (AvgIpc) is 3.15. The van der Waals surface area contributed by atoms with Crippen molar-refractivity contribution in [3.63, 3.8) is 0 Å². The Morgan fingerprint density at radius 3 is 1.96 bits per heavy atom. The number of hydrogen-bond acceptors (Lipinski definition) is 3. The lowest BCUT2D eigenvalue weighted by atomic mass is 9.77. The zero-order valence-electron chi connectivity index (χ0n) is 14.4. The van der Waals surface area contributed by atoms with Gasteiger partial charge in [0.1, 0.15) is 0 Å². The first-order valence-electron chi connectivity index (χ1n) is 9.45. The highest BCUT2D eigenvalue weighted by molar-refractivity contribution is 5.88. The van der Waals surface area contributed by atoms with Gasteiger partial charge in [0.25, 0.3) is 0 Å². The van der Waals surface area contributed by atoms with E-state index in [1.165, 1.54) is 0 Å². The summed E-state index contributed by atoms with van der Waals surface area (Å²) in [4.78, 5) is 30.0. The Morgan fingerprint density at radius 2 is 1.35 bits per heavy atom. The van der Waals surface area contributed by atoms with Gasteiger partial charge in [-0.3, -0.25) is 9.59 Å². The van der Waals surface area contributed by atoms with Gasteiger partial charge in [0, 0.05) is 44.1 Å². The number of nitrogens with zero attached hydrogens (tertiary/aromatic N) is 2. The number of carbonyl (C=O) groups excluding carboxylic acids is 2. The fourth-order valence-corrected chi connectivity index (χ4v) is 4.54. The minimum atomic E-state index is -0.0764. The molecule has 0 aromatic rings. The molecular weight excluding hydrogens is 290 g/mol. The maximum atomic E-state index is 13.1. The monoisotopic (exact) mass is 321 g/mol. The topological polar surface area (TPSA) is 52.7 Å². The molecule has 130 valence electrons. The fourth-order valence-electron chi connectivity index (χ4n) is 4.54. The smallest absolute Gasteiger partial charge is 0.226 e. The van der Waals surface area contributed by atoms with E-state index < -0.39 is 0 Å². The first-order chi connectivity index (χ1) is 11.2. The molecule has 5 heteroatoms. The third-order valence-corrected chi connectivity index (χ3v) is 5.96. The quantitative estimate of drug-likeness (QED) is 0.859. The molecule has 2 heterocycles. The van der Waals surface area contributed by atoms with Crippen LogP contribution in [0, 0.1) is 11.8 Å². The lowest BCUT2D eigenvalue weighted by Crippen LogP contribution is -2.51. The molecule has 1 aliphatic carbocycles. The van der Waals surface area contributed by atoms with Crippen LogP contribution >= 0.6 is 0 Å². The third-order valence-electron chi connectivity index (χ3n) is 5.96. The summed E-state index contributed by atoms with van der Waals surface area (Å²) in [5.41, 5.74) is 0. The predicted octanol–water partition coefficient (Wildman–Crippen LogP) is 1.63. The number of carbonyl (C=O) groups is 2. The highest BCUT2D eigenvalue weighted by Crippen LogP contribution is 2.34. The summed E-state index contributed by atoms with van der Waals surface area (Å²) in [6, 6.07) is 0.407. The highest BCUT2D eigenvalue weighted by Gasteiger charge is 2.40. The van der Waals surface area contributed by atoms with Gasteiger partial charge in [-0.05, 0) is 45.6 Å². The van der Waals surface area contributed by atoms with Gasteiger partial charge in [0.2, 0.25) is 11.8 Å². The number of likely N-dealkylation sites (tertiary alicyclic amines) is 2. The van der Waals surface area contributed by atoms with Crippen molar-refractivity contribution in [1.29, 1.82) is 0 Å². The molecule has 0 aromatic carbocycles. The Hall–Kier alpha value is -1.10. The molecule has 0 bridgehead atoms. The number of amides is 2. The first kappa shape index (κ1) is 16.7. The number of likely N-dealkylation sites (N-methyl/N-ethyl adjacent to an activating group) is 1. The molecule has 3 aliphatic rings. The molecule has 23 heavy (non-hydrogen) atoms. The van der Waals surface area contributed by atoms with Crippen molar-refractivity contribution in [2.24, 2.45) is 11.8 Å². The minimum Gasteiger partial charge on any atom is -0.342 e. The summed E-state index contributed by atoms with van der Waals surface area (Å²) < 4.78 is 0. The van der Waals surface area contributed by atoms with Crippen LogP contribution in [0.3, 0.4) is 0 Å². The fraction of sp³-hybridized carbons (Fsp3) is 0.889. The van der Waals surface area contributed by atoms with Gasteiger partial charge in [-0.15, -0.1) is 0 Å². The zero-order valence-corrected chi connectivity index (χ0v) is 14.4. The summed E-state index contributed by atoms with van der Waals surface area (Å²) in [6.45, 7) is 3.44. The van der Waals surface area contributed by atoms with Gasteiger partial charge >= 0.3 is 0 Å². The van der Waals surface area contributed by atoms with Crippen molar-refractivity contribution in [2.75, 3.05) is 33.2 Å². The van der Waals surface area contributed by atoms with E-state index in [0.29, 0.717) is 6.04 Å². The maximum absolute atomic E-state index is 13.1. The van der Waals surface area contributed by atoms with Gasteiger partial charge in [-0.25, -0.2) is 0 Å². The van der Waals surface area contributed by atoms with Crippen LogP contribution in [0.4, 0.5) is 0 Å². The number of nitrogens with one attached hydrogen (secondary N) is 1. The van der Waals surface area contributed by atoms with E-state index >= 15 is 0 Å². The van der Waals surface area contributed by atoms with E-state index in [1.807, 2.05) is 16.8 Å². The Balaban J connectivity index is 1.67. The summed E-state index contributed by atoms with van der Waals surface area (Å²) in [7, 11) is 1.97. The Bertz CT molecular complexity index is 434. The molecule has 2 amide bonds. The second-order valence-electron chi connectivity index (χ2n) is 7.44. The van der Waals surface area contributed by atoms with Gasteiger partial charge in [-0.2, -0.15) is 0 Å². The van der Waals surface area contributed by atoms with Crippen molar-refractivity contribution in [1.82, 2.24) is 15.1 Å². The largest absolute Gasteiger partial charge is 0.342 e. The standard InChI is InChI=1S/C18H31N3O2/c1-19-14-7-6-12-21(13-14)18(23)16-9-3-2-8-15(16)17(22)20-10-4-5-11-20/h14-16,19H,2-13H2,1H3. The molecule has 2 saturated heterocycles. The van der Waals surface area contributed by atoms with Crippen LogP contribution in [0.25, 0.3) is 0 Å². The summed E-state index contributed by atoms with van der Waals surface area (Å²) in [5.74, 6) is 0.349. The van der Waals surface area contributed by atoms with Crippen molar-refractivity contribution in [3.05, 3.63) is 0 Å². The second kappa shape index (κ2) is 7.65. The Labute approximate surface area is 139 Å². The van der Waals surface area contributed by atoms with E-state index in [-0.39, 0.29) is 23.7 Å². The molecular formula is C18H31N3O2. The molecule has 3 fully saturated rings. The van der Waals surface area contributed by atoms with Crippen LogP contribution in [0.5, 0.6) is 0 Å². The van der Waals surface area contributed by atoms with Crippen LogP contribution in [0.15, 0.2) is 0 Å². The van der Waals surface area contributed by atoms with E-state index in [4.69, 9.17) is 0 Å². The maximum Gasteiger partial charge on any atom is 0.226 e. The van der Waals surface area contributed by atoms with E-state index in [9.17, 15) is 9.59 Å². The average molecular weight is 321 g/mol. The lowest BCUT2D eigenvalue weighted by molar-refractivity contribution is -0.148. The number of piperidine rings is 1. The van der Waals surface area contributed by atoms with Gasteiger partial charge in [0.15, 0.2) is 0 Å². The lowest BCUT2D eigenvalue weighted by Gasteiger charge is -2.39. The number of rotatable bonds is 3. The van der Waals surface area contributed by atoms with Crippen molar-refractivity contribution in [2.45, 2.75) is 57.4 Å². The minimum absolute atomic E-state index is 0.0655. The Kier molecular flexibility index (Phi) is 5.57. The summed E-state index contributed by atoms with van der Waals surface area (Å²) in [5, 5.41) is 3.30. The second-order valence-corrected chi connectivity index (χ2v) is 7.44. The van der Waals surface area contributed by atoms with Gasteiger partial charge < -0.3 is 15.1 Å². The van der Waals surface area contributed by atoms with Crippen LogP contribution < -0.4 is 5.32 Å². The third kappa shape index (κ3) is 3.70. The first-order valence-corrected chi connectivity index (χ1v) is 9.45. The predicted molar refractivity (Wildman–Crippen MR) is 89.9 cm³/mol. The van der Waals surface area contributed by atoms with E-state index in [2.05, 4.69) is 5.32 Å². The molecule has 3 unspecified atom stereocenters. The van der Waals surface area contributed by atoms with Crippen molar-refractivity contribution in [3.8, 4) is 0 Å². The van der Waals surface area contributed by atoms with E-state index in [1.54, 1.807) is 0 Å². The molecule has 3 atom stereocenters. The van der Waals surface area contributed by atoms with Crippen LogP contribution in [-0.4, -0.2) is 60.9 Å². The molecule has 5 nitrogen and oxygen atoms in total. The summed E-state index contributed by atoms with van der Waals surface area (Å²) in [6.07, 6.45) is 8.41. The van der Waals surface area contributed by atoms with Gasteiger partial charge in [-0.1, -0.05) is 12.8 Å². The summed E-state index contributed by atoms with van der Waals surface area (Å²) >= 11 is 0. The van der Waals surface area contributed by atoms with Crippen LogP contribution in [0.1, 0.15) is 51.4 Å². The Morgan fingerprint density at radius 1 is 0.783 bits per heavy atom. The van der Waals surface area contributed by atoms with Crippen molar-refractivity contribution < 1.29 is 9.59 Å². The molecule has 3 rings (SSSR count). The SMILES string of the molecule is CNC1CCCN(C(=O)C2CCCCC2C(=O)N2CCCC2)C1. The molecule has 0 radical (unpaired) electrons. The highest BCUT2D eigenvalue weighted by atomic mass is 16.2. The normalized spacial score (nSPS) is 32.1. The molecule has 1 saturated carbocycles. The van der Waals surface area contributed by atoms with Gasteiger partial charge in [0.05, 0.1) is 0 Å². The molecule has 0 spiro atoms. The van der Waals surface area contributed by atoms with Crippen LogP contribution in [-0.2, 0) is 9.59 Å².